The third-order valence-corrected chi connectivity index (χ3v) is 4.89. The highest BCUT2D eigenvalue weighted by molar-refractivity contribution is 7.07. The van der Waals surface area contributed by atoms with Crippen LogP contribution in [-0.4, -0.2) is 47.8 Å². The van der Waals surface area contributed by atoms with Crippen LogP contribution in [0.15, 0.2) is 10.9 Å². The van der Waals surface area contributed by atoms with E-state index in [1.54, 1.807) is 5.51 Å². The number of hydrogen-bond acceptors (Lipinski definition) is 6. The normalized spacial score (nSPS) is 16.4. The fraction of sp³-hybridized carbons (Fsp3) is 0.737. The van der Waals surface area contributed by atoms with Gasteiger partial charge in [0.25, 0.3) is 0 Å². The predicted octanol–water partition coefficient (Wildman–Crippen LogP) is 2.47. The lowest BCUT2D eigenvalue weighted by Gasteiger charge is -2.25. The number of alkyl carbamates (subject to hydrolysis) is 1. The molecule has 0 bridgehead atoms. The number of hydrogen-bond donors (Lipinski definition) is 3. The van der Waals surface area contributed by atoms with Crippen molar-refractivity contribution in [1.82, 2.24) is 20.9 Å². The van der Waals surface area contributed by atoms with Gasteiger partial charge in [-0.1, -0.05) is 6.92 Å². The Morgan fingerprint density at radius 3 is 2.67 bits per heavy atom. The molecule has 1 aromatic rings. The van der Waals surface area contributed by atoms with Crippen LogP contribution >= 0.6 is 11.3 Å². The Morgan fingerprint density at radius 2 is 2.11 bits per heavy atom. The maximum absolute atomic E-state index is 12.3. The summed E-state index contributed by atoms with van der Waals surface area (Å²) in [4.78, 5) is 28.8. The molecular formula is C19H32N4O3S. The van der Waals surface area contributed by atoms with Crippen LogP contribution in [0.3, 0.4) is 0 Å². The van der Waals surface area contributed by atoms with Crippen molar-refractivity contribution in [3.63, 3.8) is 0 Å². The van der Waals surface area contributed by atoms with E-state index in [0.29, 0.717) is 25.3 Å². The number of ether oxygens (including phenoxy) is 1. The maximum atomic E-state index is 12.3. The fourth-order valence-electron chi connectivity index (χ4n) is 2.64. The van der Waals surface area contributed by atoms with Gasteiger partial charge in [0.2, 0.25) is 5.91 Å². The largest absolute Gasteiger partial charge is 0.444 e. The van der Waals surface area contributed by atoms with Gasteiger partial charge in [-0.05, 0) is 46.0 Å². The van der Waals surface area contributed by atoms with E-state index in [9.17, 15) is 9.59 Å². The molecule has 0 saturated heterocycles. The highest BCUT2D eigenvalue weighted by atomic mass is 32.1. The van der Waals surface area contributed by atoms with Gasteiger partial charge in [-0.15, -0.1) is 11.3 Å². The van der Waals surface area contributed by atoms with Crippen LogP contribution in [0.5, 0.6) is 0 Å². The first-order chi connectivity index (χ1) is 12.8. The number of nitrogens with zero attached hydrogens (tertiary/aromatic N) is 1. The topological polar surface area (TPSA) is 92.3 Å². The average Bonchev–Trinajstić information content (AvgIpc) is 3.26. The van der Waals surface area contributed by atoms with Crippen LogP contribution in [0.4, 0.5) is 4.79 Å². The van der Waals surface area contributed by atoms with Crippen molar-refractivity contribution in [3.8, 4) is 0 Å². The van der Waals surface area contributed by atoms with Crippen LogP contribution < -0.4 is 16.0 Å². The summed E-state index contributed by atoms with van der Waals surface area (Å²) in [6, 6.07) is -0.491. The van der Waals surface area contributed by atoms with Gasteiger partial charge in [-0.25, -0.2) is 9.78 Å². The van der Waals surface area contributed by atoms with Gasteiger partial charge in [0.05, 0.1) is 23.3 Å². The number of nitrogens with one attached hydrogen (secondary N) is 3. The highest BCUT2D eigenvalue weighted by Crippen LogP contribution is 2.27. The molecule has 2 amide bonds. The lowest BCUT2D eigenvalue weighted by Crippen LogP contribution is -2.51. The molecule has 0 aliphatic heterocycles. The Kier molecular flexibility index (Phi) is 8.04. The minimum absolute atomic E-state index is 0.0223. The Labute approximate surface area is 165 Å². The van der Waals surface area contributed by atoms with Crippen molar-refractivity contribution in [2.24, 2.45) is 5.92 Å². The number of aromatic nitrogens is 1. The van der Waals surface area contributed by atoms with Gasteiger partial charge < -0.3 is 20.7 Å². The second kappa shape index (κ2) is 10.0. The van der Waals surface area contributed by atoms with Crippen molar-refractivity contribution in [1.29, 1.82) is 0 Å². The molecule has 2 atom stereocenters. The minimum atomic E-state index is -0.558. The first kappa shape index (κ1) is 21.6. The summed E-state index contributed by atoms with van der Waals surface area (Å²) in [7, 11) is 0. The molecule has 1 aliphatic rings. The first-order valence-corrected chi connectivity index (χ1v) is 10.6. The number of rotatable bonds is 10. The molecule has 1 saturated carbocycles. The fourth-order valence-corrected chi connectivity index (χ4v) is 3.21. The molecule has 1 aromatic heterocycles. The van der Waals surface area contributed by atoms with Crippen molar-refractivity contribution < 1.29 is 14.3 Å². The predicted molar refractivity (Wildman–Crippen MR) is 107 cm³/mol. The van der Waals surface area contributed by atoms with Crippen molar-refractivity contribution in [3.05, 3.63) is 16.6 Å². The zero-order chi connectivity index (χ0) is 19.9. The van der Waals surface area contributed by atoms with E-state index in [2.05, 4.69) is 20.9 Å². The Morgan fingerprint density at radius 1 is 1.37 bits per heavy atom. The summed E-state index contributed by atoms with van der Waals surface area (Å²) >= 11 is 1.52. The monoisotopic (exact) mass is 396 g/mol. The van der Waals surface area contributed by atoms with Crippen LogP contribution in [0.1, 0.15) is 52.7 Å². The second-order valence-electron chi connectivity index (χ2n) is 8.08. The third kappa shape index (κ3) is 8.71. The van der Waals surface area contributed by atoms with Crippen LogP contribution in [0.2, 0.25) is 0 Å². The molecule has 8 heteroatoms. The average molecular weight is 397 g/mol. The van der Waals surface area contributed by atoms with E-state index >= 15 is 0 Å². The van der Waals surface area contributed by atoms with E-state index in [4.69, 9.17) is 4.74 Å². The number of carbonyl (C=O) groups excluding carboxylic acids is 2. The van der Waals surface area contributed by atoms with Gasteiger partial charge in [-0.2, -0.15) is 0 Å². The number of amides is 2. The van der Waals surface area contributed by atoms with Gasteiger partial charge in [0.15, 0.2) is 0 Å². The van der Waals surface area contributed by atoms with Gasteiger partial charge in [0.1, 0.15) is 5.60 Å². The maximum Gasteiger partial charge on any atom is 0.407 e. The minimum Gasteiger partial charge on any atom is -0.444 e. The molecule has 0 aromatic carbocycles. The second-order valence-corrected chi connectivity index (χ2v) is 8.80. The van der Waals surface area contributed by atoms with Gasteiger partial charge in [-0.3, -0.25) is 4.79 Å². The lowest BCUT2D eigenvalue weighted by atomic mass is 10.1. The SMILES string of the molecule is CC[C@H](NC[C@H](Cc1cscn1)NC(=O)OC(C)(C)C)C(=O)NCC1CC1. The summed E-state index contributed by atoms with van der Waals surface area (Å²) in [6.07, 6.45) is 3.22. The van der Waals surface area contributed by atoms with Crippen molar-refractivity contribution in [2.45, 2.75) is 71.1 Å². The molecule has 1 aliphatic carbocycles. The Bertz CT molecular complexity index is 597. The molecule has 0 spiro atoms. The molecule has 3 N–H and O–H groups in total. The first-order valence-electron chi connectivity index (χ1n) is 9.64. The zero-order valence-electron chi connectivity index (χ0n) is 16.7. The van der Waals surface area contributed by atoms with Gasteiger partial charge >= 0.3 is 6.09 Å². The molecule has 7 nitrogen and oxygen atoms in total. The number of thiazole rings is 1. The van der Waals surface area contributed by atoms with Crippen molar-refractivity contribution >= 4 is 23.3 Å². The molecule has 1 heterocycles. The molecule has 0 unspecified atom stereocenters. The van der Waals surface area contributed by atoms with E-state index in [1.807, 2.05) is 33.1 Å². The van der Waals surface area contributed by atoms with E-state index in [0.717, 1.165) is 12.2 Å². The third-order valence-electron chi connectivity index (χ3n) is 4.26. The number of carbonyl (C=O) groups is 2. The zero-order valence-corrected chi connectivity index (χ0v) is 17.5. The summed E-state index contributed by atoms with van der Waals surface area (Å²) in [5.74, 6) is 0.673. The summed E-state index contributed by atoms with van der Waals surface area (Å²) in [6.45, 7) is 8.69. The van der Waals surface area contributed by atoms with E-state index in [1.165, 1.54) is 24.2 Å². The van der Waals surface area contributed by atoms with E-state index < -0.39 is 11.7 Å². The molecule has 2 rings (SSSR count). The van der Waals surface area contributed by atoms with Crippen LogP contribution in [-0.2, 0) is 16.0 Å². The van der Waals surface area contributed by atoms with Crippen LogP contribution in [0.25, 0.3) is 0 Å². The molecule has 1 fully saturated rings. The van der Waals surface area contributed by atoms with Gasteiger partial charge in [0, 0.05) is 24.9 Å². The summed E-state index contributed by atoms with van der Waals surface area (Å²) in [5, 5.41) is 11.2. The standard InChI is InChI=1S/C19H32N4O3S/c1-5-16(17(24)21-9-13-6-7-13)20-10-14(8-15-11-27-12-22-15)23-18(25)26-19(2,3)4/h11-14,16,20H,5-10H2,1-4H3,(H,21,24)(H,23,25)/t14-,16-/m0/s1. The summed E-state index contributed by atoms with van der Waals surface area (Å²) < 4.78 is 5.36. The lowest BCUT2D eigenvalue weighted by molar-refractivity contribution is -0.123. The summed E-state index contributed by atoms with van der Waals surface area (Å²) in [5.41, 5.74) is 2.12. The Balaban J connectivity index is 1.88. The molecular weight excluding hydrogens is 364 g/mol. The van der Waals surface area contributed by atoms with E-state index in [-0.39, 0.29) is 18.0 Å². The Hall–Kier alpha value is -1.67. The highest BCUT2D eigenvalue weighted by Gasteiger charge is 2.25. The van der Waals surface area contributed by atoms with Crippen LogP contribution in [0, 0.1) is 5.92 Å². The quantitative estimate of drug-likeness (QED) is 0.565. The van der Waals surface area contributed by atoms with Crippen molar-refractivity contribution in [2.75, 3.05) is 13.1 Å². The molecule has 152 valence electrons. The smallest absolute Gasteiger partial charge is 0.407 e. The molecule has 0 radical (unpaired) electrons. The molecule has 27 heavy (non-hydrogen) atoms.